The first-order valence-corrected chi connectivity index (χ1v) is 9.14. The lowest BCUT2D eigenvalue weighted by Gasteiger charge is -2.22. The summed E-state index contributed by atoms with van der Waals surface area (Å²) in [5.41, 5.74) is 2.67. The Balaban J connectivity index is 1.78. The van der Waals surface area contributed by atoms with Gasteiger partial charge in [0.05, 0.1) is 0 Å². The number of carbonyl (C=O) groups excluding carboxylic acids is 2. The maximum Gasteiger partial charge on any atom is 0.277 e. The van der Waals surface area contributed by atoms with Gasteiger partial charge in [0.1, 0.15) is 11.4 Å². The lowest BCUT2D eigenvalue weighted by Crippen LogP contribution is -2.36. The second-order valence-electron chi connectivity index (χ2n) is 7.20. The molecule has 0 saturated carbocycles. The Labute approximate surface area is 154 Å². The third-order valence-electron chi connectivity index (χ3n) is 4.63. The van der Waals surface area contributed by atoms with Crippen LogP contribution in [0.4, 0.5) is 5.69 Å². The Morgan fingerprint density at radius 2 is 1.88 bits per heavy atom. The summed E-state index contributed by atoms with van der Waals surface area (Å²) >= 11 is 0. The predicted molar refractivity (Wildman–Crippen MR) is 102 cm³/mol. The molecule has 136 valence electrons. The molecular weight excluding hydrogens is 326 g/mol. The molecule has 1 aromatic carbocycles. The summed E-state index contributed by atoms with van der Waals surface area (Å²) in [5, 5.41) is 2.86. The van der Waals surface area contributed by atoms with E-state index in [1.807, 2.05) is 31.2 Å². The first-order chi connectivity index (χ1) is 12.5. The smallest absolute Gasteiger partial charge is 0.277 e. The number of benzene rings is 1. The molecule has 1 N–H and O–H groups in total. The summed E-state index contributed by atoms with van der Waals surface area (Å²) in [5.74, 6) is 0.113. The molecule has 1 aliphatic rings. The van der Waals surface area contributed by atoms with Crippen molar-refractivity contribution in [2.75, 3.05) is 11.4 Å². The number of hydrogen-bond donors (Lipinski definition) is 1. The van der Waals surface area contributed by atoms with E-state index in [4.69, 9.17) is 0 Å². The maximum atomic E-state index is 13.0. The zero-order chi connectivity index (χ0) is 18.7. The van der Waals surface area contributed by atoms with E-state index in [1.165, 1.54) is 0 Å². The van der Waals surface area contributed by atoms with Crippen molar-refractivity contribution in [1.82, 2.24) is 10.3 Å². The molecule has 1 atom stereocenters. The molecule has 5 nitrogen and oxygen atoms in total. The van der Waals surface area contributed by atoms with Crippen molar-refractivity contribution in [3.8, 4) is 0 Å². The highest BCUT2D eigenvalue weighted by atomic mass is 16.2. The SMILES string of the molecule is CC(C)CCNC(=O)c1cccc(C(=O)N2c3ccccc3CC2C)n1. The fourth-order valence-corrected chi connectivity index (χ4v) is 3.24. The fourth-order valence-electron chi connectivity index (χ4n) is 3.24. The van der Waals surface area contributed by atoms with Gasteiger partial charge in [-0.2, -0.15) is 0 Å². The van der Waals surface area contributed by atoms with Crippen molar-refractivity contribution in [1.29, 1.82) is 0 Å². The van der Waals surface area contributed by atoms with Gasteiger partial charge in [0.25, 0.3) is 11.8 Å². The van der Waals surface area contributed by atoms with E-state index < -0.39 is 0 Å². The number of anilines is 1. The minimum absolute atomic E-state index is 0.0743. The molecule has 0 bridgehead atoms. The second kappa shape index (κ2) is 7.68. The van der Waals surface area contributed by atoms with E-state index >= 15 is 0 Å². The van der Waals surface area contributed by atoms with E-state index in [2.05, 4.69) is 24.1 Å². The third-order valence-corrected chi connectivity index (χ3v) is 4.63. The third kappa shape index (κ3) is 3.77. The van der Waals surface area contributed by atoms with Crippen molar-refractivity contribution < 1.29 is 9.59 Å². The molecule has 0 saturated heterocycles. The molecule has 1 unspecified atom stereocenters. The molecule has 0 fully saturated rings. The summed E-state index contributed by atoms with van der Waals surface area (Å²) in [6.07, 6.45) is 1.74. The molecule has 2 amide bonds. The van der Waals surface area contributed by atoms with Crippen molar-refractivity contribution in [3.63, 3.8) is 0 Å². The quantitative estimate of drug-likeness (QED) is 0.897. The Bertz CT molecular complexity index is 816. The Morgan fingerprint density at radius 3 is 2.65 bits per heavy atom. The zero-order valence-electron chi connectivity index (χ0n) is 15.5. The summed E-state index contributed by atoms with van der Waals surface area (Å²) in [7, 11) is 0. The first kappa shape index (κ1) is 18.1. The number of aromatic nitrogens is 1. The van der Waals surface area contributed by atoms with Gasteiger partial charge in [0, 0.05) is 18.3 Å². The van der Waals surface area contributed by atoms with Crippen LogP contribution in [0, 0.1) is 5.92 Å². The summed E-state index contributed by atoms with van der Waals surface area (Å²) in [6, 6.07) is 13.0. The van der Waals surface area contributed by atoms with Crippen LogP contribution < -0.4 is 10.2 Å². The number of pyridine rings is 1. The largest absolute Gasteiger partial charge is 0.351 e. The summed E-state index contributed by atoms with van der Waals surface area (Å²) in [4.78, 5) is 31.4. The van der Waals surface area contributed by atoms with E-state index in [0.717, 1.165) is 24.1 Å². The van der Waals surface area contributed by atoms with Crippen molar-refractivity contribution in [2.24, 2.45) is 5.92 Å². The Hall–Kier alpha value is -2.69. The lowest BCUT2D eigenvalue weighted by molar-refractivity contribution is 0.0946. The lowest BCUT2D eigenvalue weighted by atomic mass is 10.1. The first-order valence-electron chi connectivity index (χ1n) is 9.14. The van der Waals surface area contributed by atoms with Crippen LogP contribution in [0.2, 0.25) is 0 Å². The van der Waals surface area contributed by atoms with Gasteiger partial charge in [0.2, 0.25) is 0 Å². The van der Waals surface area contributed by atoms with Gasteiger partial charge >= 0.3 is 0 Å². The maximum absolute atomic E-state index is 13.0. The van der Waals surface area contributed by atoms with Crippen LogP contribution in [-0.2, 0) is 6.42 Å². The van der Waals surface area contributed by atoms with Crippen LogP contribution in [0.15, 0.2) is 42.5 Å². The molecule has 3 rings (SSSR count). The molecule has 0 radical (unpaired) electrons. The topological polar surface area (TPSA) is 62.3 Å². The number of hydrogen-bond acceptors (Lipinski definition) is 3. The van der Waals surface area contributed by atoms with Gasteiger partial charge in [-0.3, -0.25) is 9.59 Å². The number of amides is 2. The van der Waals surface area contributed by atoms with Crippen LogP contribution in [0.1, 0.15) is 53.7 Å². The van der Waals surface area contributed by atoms with Gasteiger partial charge in [-0.1, -0.05) is 38.1 Å². The normalized spacial score (nSPS) is 15.8. The van der Waals surface area contributed by atoms with Gasteiger partial charge < -0.3 is 10.2 Å². The van der Waals surface area contributed by atoms with Gasteiger partial charge in [0.15, 0.2) is 0 Å². The molecule has 0 aliphatic carbocycles. The molecule has 0 spiro atoms. The second-order valence-corrected chi connectivity index (χ2v) is 7.20. The van der Waals surface area contributed by atoms with Gasteiger partial charge in [-0.25, -0.2) is 4.98 Å². The van der Waals surface area contributed by atoms with E-state index in [-0.39, 0.29) is 23.6 Å². The molecule has 26 heavy (non-hydrogen) atoms. The van der Waals surface area contributed by atoms with Crippen LogP contribution in [0.3, 0.4) is 0 Å². The number of fused-ring (bicyclic) bond motifs is 1. The molecule has 1 aromatic heterocycles. The number of rotatable bonds is 5. The van der Waals surface area contributed by atoms with Gasteiger partial charge in [-0.05, 0) is 49.4 Å². The van der Waals surface area contributed by atoms with Crippen molar-refractivity contribution in [3.05, 3.63) is 59.4 Å². The standard InChI is InChI=1S/C21H25N3O2/c1-14(2)11-12-22-20(25)17-8-6-9-18(23-17)21(26)24-15(3)13-16-7-4-5-10-19(16)24/h4-10,14-15H,11-13H2,1-3H3,(H,22,25). The fraction of sp³-hybridized carbons (Fsp3) is 0.381. The average molecular weight is 351 g/mol. The van der Waals surface area contributed by atoms with Crippen LogP contribution in [0.25, 0.3) is 0 Å². The predicted octanol–water partition coefficient (Wildman–Crippen LogP) is 3.45. The van der Waals surface area contributed by atoms with Crippen molar-refractivity contribution >= 4 is 17.5 Å². The molecule has 2 aromatic rings. The van der Waals surface area contributed by atoms with E-state index in [9.17, 15) is 9.59 Å². The highest BCUT2D eigenvalue weighted by Crippen LogP contribution is 2.32. The number of para-hydroxylation sites is 1. The van der Waals surface area contributed by atoms with Crippen LogP contribution >= 0.6 is 0 Å². The molecule has 5 heteroatoms. The van der Waals surface area contributed by atoms with Crippen LogP contribution in [-0.4, -0.2) is 29.4 Å². The van der Waals surface area contributed by atoms with E-state index in [0.29, 0.717) is 18.2 Å². The molecular formula is C21H25N3O2. The number of nitrogens with zero attached hydrogens (tertiary/aromatic N) is 2. The monoisotopic (exact) mass is 351 g/mol. The Kier molecular flexibility index (Phi) is 5.35. The zero-order valence-corrected chi connectivity index (χ0v) is 15.5. The summed E-state index contributed by atoms with van der Waals surface area (Å²) in [6.45, 7) is 6.85. The Morgan fingerprint density at radius 1 is 1.15 bits per heavy atom. The van der Waals surface area contributed by atoms with Gasteiger partial charge in [-0.15, -0.1) is 0 Å². The number of nitrogens with one attached hydrogen (secondary N) is 1. The minimum atomic E-state index is -0.241. The van der Waals surface area contributed by atoms with E-state index in [1.54, 1.807) is 23.1 Å². The molecule has 2 heterocycles. The highest BCUT2D eigenvalue weighted by molar-refractivity contribution is 6.07. The highest BCUT2D eigenvalue weighted by Gasteiger charge is 2.32. The van der Waals surface area contributed by atoms with Crippen LogP contribution in [0.5, 0.6) is 0 Å². The van der Waals surface area contributed by atoms with Crippen molar-refractivity contribution in [2.45, 2.75) is 39.7 Å². The summed E-state index contributed by atoms with van der Waals surface area (Å²) < 4.78 is 0. The minimum Gasteiger partial charge on any atom is -0.351 e. The number of carbonyl (C=O) groups is 2. The average Bonchev–Trinajstić information content (AvgIpc) is 2.96. The molecule has 1 aliphatic heterocycles.